The number of hydrogen-bond acceptors (Lipinski definition) is 6. The Morgan fingerprint density at radius 3 is 2.76 bits per heavy atom. The molecule has 1 atom stereocenters. The Morgan fingerprint density at radius 1 is 1.15 bits per heavy atom. The first-order chi connectivity index (χ1) is 16.1. The van der Waals surface area contributed by atoms with Crippen LogP contribution in [0.1, 0.15) is 19.4 Å². The molecule has 0 spiro atoms. The van der Waals surface area contributed by atoms with E-state index in [1.165, 1.54) is 0 Å². The molecule has 1 aliphatic rings. The minimum absolute atomic E-state index is 0.218. The molecule has 33 heavy (non-hydrogen) atoms. The number of furan rings is 1. The molecule has 0 bridgehead atoms. The number of carbonyl (C=O) groups excluding carboxylic acids is 1. The van der Waals surface area contributed by atoms with Crippen molar-refractivity contribution in [2.75, 3.05) is 32.8 Å². The lowest BCUT2D eigenvalue weighted by atomic mass is 9.89. The van der Waals surface area contributed by atoms with Crippen LogP contribution in [0.4, 0.5) is 0 Å². The minimum Gasteiger partial charge on any atom is -0.472 e. The normalized spacial score (nSPS) is 16.5. The van der Waals surface area contributed by atoms with Crippen LogP contribution >= 0.6 is 0 Å². The van der Waals surface area contributed by atoms with Crippen LogP contribution < -0.4 is 5.32 Å². The molecule has 5 rings (SSSR count). The van der Waals surface area contributed by atoms with E-state index in [0.29, 0.717) is 6.61 Å². The van der Waals surface area contributed by atoms with Crippen LogP contribution in [0.25, 0.3) is 27.8 Å². The standard InChI is InChI=1S/C26H28N4O3/c1-3-33-25(31)26(2,29-12-10-27-11-13-29)21-5-4-6-22(16-21)30-18-28-23-15-19(7-8-24(23)30)20-9-14-32-17-20/h4-9,14-18,27H,3,10-13H2,1-2H3. The van der Waals surface area contributed by atoms with E-state index >= 15 is 0 Å². The molecular weight excluding hydrogens is 416 g/mol. The van der Waals surface area contributed by atoms with Crippen molar-refractivity contribution in [2.24, 2.45) is 0 Å². The number of hydrogen-bond donors (Lipinski definition) is 1. The van der Waals surface area contributed by atoms with Crippen molar-refractivity contribution in [3.8, 4) is 16.8 Å². The van der Waals surface area contributed by atoms with Gasteiger partial charge in [-0.3, -0.25) is 9.47 Å². The lowest BCUT2D eigenvalue weighted by Crippen LogP contribution is -2.57. The van der Waals surface area contributed by atoms with Gasteiger partial charge < -0.3 is 14.5 Å². The minimum atomic E-state index is -0.862. The Labute approximate surface area is 193 Å². The van der Waals surface area contributed by atoms with Crippen LogP contribution in [0, 0.1) is 0 Å². The van der Waals surface area contributed by atoms with Gasteiger partial charge in [0.15, 0.2) is 0 Å². The zero-order valence-electron chi connectivity index (χ0n) is 19.0. The van der Waals surface area contributed by atoms with Crippen molar-refractivity contribution in [3.63, 3.8) is 0 Å². The fraction of sp³-hybridized carbons (Fsp3) is 0.308. The Balaban J connectivity index is 1.55. The molecule has 7 heteroatoms. The fourth-order valence-electron chi connectivity index (χ4n) is 4.60. The molecule has 1 N–H and O–H groups in total. The van der Waals surface area contributed by atoms with Crippen LogP contribution in [-0.2, 0) is 15.1 Å². The highest BCUT2D eigenvalue weighted by Gasteiger charge is 2.43. The second kappa shape index (κ2) is 8.84. The molecular formula is C26H28N4O3. The molecule has 170 valence electrons. The van der Waals surface area contributed by atoms with Crippen LogP contribution in [0.15, 0.2) is 71.8 Å². The summed E-state index contributed by atoms with van der Waals surface area (Å²) >= 11 is 0. The van der Waals surface area contributed by atoms with Gasteiger partial charge in [-0.25, -0.2) is 9.78 Å². The summed E-state index contributed by atoms with van der Waals surface area (Å²) in [4.78, 5) is 20.1. The number of nitrogens with zero attached hydrogens (tertiary/aromatic N) is 3. The first-order valence-corrected chi connectivity index (χ1v) is 11.3. The number of nitrogens with one attached hydrogen (secondary N) is 1. The van der Waals surface area contributed by atoms with Gasteiger partial charge in [0.05, 0.1) is 30.2 Å². The van der Waals surface area contributed by atoms with Gasteiger partial charge in [-0.05, 0) is 55.3 Å². The molecule has 1 unspecified atom stereocenters. The number of ether oxygens (including phenoxy) is 1. The zero-order chi connectivity index (χ0) is 22.8. The van der Waals surface area contributed by atoms with E-state index < -0.39 is 5.54 Å². The van der Waals surface area contributed by atoms with Crippen LogP contribution in [-0.4, -0.2) is 53.2 Å². The van der Waals surface area contributed by atoms with Crippen LogP contribution in [0.3, 0.4) is 0 Å². The first-order valence-electron chi connectivity index (χ1n) is 11.3. The maximum Gasteiger partial charge on any atom is 0.330 e. The Bertz CT molecular complexity index is 1260. The van der Waals surface area contributed by atoms with E-state index in [9.17, 15) is 4.79 Å². The molecule has 1 fully saturated rings. The van der Waals surface area contributed by atoms with Crippen LogP contribution in [0.2, 0.25) is 0 Å². The van der Waals surface area contributed by atoms with E-state index in [1.54, 1.807) is 12.5 Å². The number of aromatic nitrogens is 2. The summed E-state index contributed by atoms with van der Waals surface area (Å²) in [5.74, 6) is -0.218. The number of carbonyl (C=O) groups is 1. The van der Waals surface area contributed by atoms with Gasteiger partial charge in [-0.2, -0.15) is 0 Å². The average molecular weight is 445 g/mol. The van der Waals surface area contributed by atoms with E-state index in [0.717, 1.165) is 59.6 Å². The molecule has 0 amide bonds. The Morgan fingerprint density at radius 2 is 2.00 bits per heavy atom. The number of imidazole rings is 1. The summed E-state index contributed by atoms with van der Waals surface area (Å²) < 4.78 is 12.8. The predicted molar refractivity (Wildman–Crippen MR) is 127 cm³/mol. The molecule has 0 saturated carbocycles. The van der Waals surface area contributed by atoms with Gasteiger partial charge in [0, 0.05) is 37.4 Å². The molecule has 2 aromatic carbocycles. The lowest BCUT2D eigenvalue weighted by molar-refractivity contribution is -0.158. The molecule has 3 heterocycles. The van der Waals surface area contributed by atoms with E-state index in [1.807, 2.05) is 44.4 Å². The van der Waals surface area contributed by atoms with Crippen molar-refractivity contribution in [1.82, 2.24) is 19.8 Å². The smallest absolute Gasteiger partial charge is 0.330 e. The number of esters is 1. The Kier molecular flexibility index (Phi) is 5.74. The third-order valence-corrected chi connectivity index (χ3v) is 6.51. The lowest BCUT2D eigenvalue weighted by Gasteiger charge is -2.41. The maximum atomic E-state index is 13.2. The Hall–Kier alpha value is -3.42. The third-order valence-electron chi connectivity index (χ3n) is 6.51. The molecule has 1 aliphatic heterocycles. The first kappa shape index (κ1) is 21.4. The number of benzene rings is 2. The average Bonchev–Trinajstić information content (AvgIpc) is 3.54. The van der Waals surface area contributed by atoms with Gasteiger partial charge in [0.1, 0.15) is 11.9 Å². The van der Waals surface area contributed by atoms with Crippen molar-refractivity contribution in [2.45, 2.75) is 19.4 Å². The topological polar surface area (TPSA) is 72.5 Å². The summed E-state index contributed by atoms with van der Waals surface area (Å²) in [5.41, 5.74) is 4.99. The summed E-state index contributed by atoms with van der Waals surface area (Å²) in [5, 5.41) is 3.37. The van der Waals surface area contributed by atoms with Gasteiger partial charge in [0.25, 0.3) is 0 Å². The summed E-state index contributed by atoms with van der Waals surface area (Å²) in [7, 11) is 0. The van der Waals surface area contributed by atoms with Crippen molar-refractivity contribution in [1.29, 1.82) is 0 Å². The fourth-order valence-corrected chi connectivity index (χ4v) is 4.60. The van der Waals surface area contributed by atoms with E-state index in [2.05, 4.69) is 44.0 Å². The number of piperazine rings is 1. The summed E-state index contributed by atoms with van der Waals surface area (Å²) in [6.45, 7) is 7.43. The highest BCUT2D eigenvalue weighted by molar-refractivity contribution is 5.84. The van der Waals surface area contributed by atoms with Crippen molar-refractivity contribution in [3.05, 3.63) is 72.9 Å². The summed E-state index contributed by atoms with van der Waals surface area (Å²) in [6, 6.07) is 16.3. The second-order valence-corrected chi connectivity index (χ2v) is 8.41. The highest BCUT2D eigenvalue weighted by Crippen LogP contribution is 2.33. The molecule has 1 saturated heterocycles. The third kappa shape index (κ3) is 3.83. The monoisotopic (exact) mass is 444 g/mol. The SMILES string of the molecule is CCOC(=O)C(C)(c1cccc(-n2cnc3cc(-c4ccoc4)ccc32)c1)N1CCNCC1. The van der Waals surface area contributed by atoms with Crippen molar-refractivity contribution < 1.29 is 13.9 Å². The molecule has 2 aromatic heterocycles. The zero-order valence-corrected chi connectivity index (χ0v) is 19.0. The van der Waals surface area contributed by atoms with E-state index in [-0.39, 0.29) is 5.97 Å². The number of rotatable bonds is 6. The van der Waals surface area contributed by atoms with Gasteiger partial charge >= 0.3 is 5.97 Å². The molecule has 7 nitrogen and oxygen atoms in total. The maximum absolute atomic E-state index is 13.2. The van der Waals surface area contributed by atoms with E-state index in [4.69, 9.17) is 9.15 Å². The van der Waals surface area contributed by atoms with Gasteiger partial charge in [-0.1, -0.05) is 18.2 Å². The molecule has 0 aliphatic carbocycles. The summed E-state index contributed by atoms with van der Waals surface area (Å²) in [6.07, 6.45) is 5.23. The quantitative estimate of drug-likeness (QED) is 0.454. The van der Waals surface area contributed by atoms with Crippen LogP contribution in [0.5, 0.6) is 0 Å². The second-order valence-electron chi connectivity index (χ2n) is 8.41. The number of fused-ring (bicyclic) bond motifs is 1. The highest BCUT2D eigenvalue weighted by atomic mass is 16.5. The largest absolute Gasteiger partial charge is 0.472 e. The van der Waals surface area contributed by atoms with Crippen molar-refractivity contribution >= 4 is 17.0 Å². The molecule has 4 aromatic rings. The van der Waals surface area contributed by atoms with Gasteiger partial charge in [-0.15, -0.1) is 0 Å². The predicted octanol–water partition coefficient (Wildman–Crippen LogP) is 3.97. The van der Waals surface area contributed by atoms with Gasteiger partial charge in [0.2, 0.25) is 0 Å². The molecule has 0 radical (unpaired) electrons.